The Morgan fingerprint density at radius 2 is 2.04 bits per heavy atom. The molecular formula is C19H21N5O. The van der Waals surface area contributed by atoms with E-state index in [2.05, 4.69) is 38.0 Å². The van der Waals surface area contributed by atoms with Crippen molar-refractivity contribution in [1.82, 2.24) is 24.6 Å². The van der Waals surface area contributed by atoms with E-state index in [1.807, 2.05) is 0 Å². The summed E-state index contributed by atoms with van der Waals surface area (Å²) in [6.07, 6.45) is 10.2. The van der Waals surface area contributed by atoms with Crippen LogP contribution in [0.4, 0.5) is 0 Å². The highest BCUT2D eigenvalue weighted by atomic mass is 16.3. The van der Waals surface area contributed by atoms with E-state index in [9.17, 15) is 0 Å². The molecule has 0 radical (unpaired) electrons. The minimum absolute atomic E-state index is 0.590. The fourth-order valence-electron chi connectivity index (χ4n) is 3.89. The minimum atomic E-state index is 0.590. The van der Waals surface area contributed by atoms with Crippen molar-refractivity contribution in [3.05, 3.63) is 53.3 Å². The second kappa shape index (κ2) is 6.11. The Labute approximate surface area is 146 Å². The lowest BCUT2D eigenvalue weighted by Crippen LogP contribution is -2.33. The van der Waals surface area contributed by atoms with E-state index >= 15 is 0 Å². The molecule has 25 heavy (non-hydrogen) atoms. The monoisotopic (exact) mass is 335 g/mol. The third-order valence-corrected chi connectivity index (χ3v) is 5.16. The summed E-state index contributed by atoms with van der Waals surface area (Å²) in [5.41, 5.74) is 6.11. The van der Waals surface area contributed by atoms with Gasteiger partial charge >= 0.3 is 0 Å². The molecule has 5 rings (SSSR count). The number of rotatable bonds is 3. The van der Waals surface area contributed by atoms with Crippen molar-refractivity contribution in [2.45, 2.75) is 45.3 Å². The molecule has 3 aromatic heterocycles. The van der Waals surface area contributed by atoms with Crippen LogP contribution in [0, 0.1) is 0 Å². The fraction of sp³-hybridized carbons (Fsp3) is 0.421. The zero-order chi connectivity index (χ0) is 16.6. The molecule has 1 aliphatic carbocycles. The molecule has 128 valence electrons. The van der Waals surface area contributed by atoms with Crippen LogP contribution in [0.5, 0.6) is 0 Å². The number of fused-ring (bicyclic) bond motifs is 2. The second-order valence-corrected chi connectivity index (χ2v) is 6.95. The van der Waals surface area contributed by atoms with Gasteiger partial charge in [0.05, 0.1) is 18.4 Å². The van der Waals surface area contributed by atoms with Crippen LogP contribution in [0.25, 0.3) is 11.6 Å². The van der Waals surface area contributed by atoms with Crippen LogP contribution in [0.3, 0.4) is 0 Å². The van der Waals surface area contributed by atoms with E-state index in [-0.39, 0.29) is 0 Å². The predicted molar refractivity (Wildman–Crippen MR) is 92.7 cm³/mol. The number of oxazole rings is 1. The molecule has 0 fully saturated rings. The Morgan fingerprint density at radius 3 is 2.96 bits per heavy atom. The van der Waals surface area contributed by atoms with E-state index < -0.39 is 0 Å². The van der Waals surface area contributed by atoms with Gasteiger partial charge in [0.2, 0.25) is 5.89 Å². The molecule has 6 nitrogen and oxygen atoms in total. The summed E-state index contributed by atoms with van der Waals surface area (Å²) in [6.45, 7) is 3.73. The SMILES string of the molecule is c1coc(-c2cc3n(n2)CCN(Cc2cnc4c(c2)CCCC4)C3)n1. The molecule has 0 bridgehead atoms. The standard InChI is InChI=1S/C19H21N5O/c1-2-4-17-15(3-1)9-14(11-21-17)12-23-6-7-24-16(13-23)10-18(22-24)19-20-5-8-25-19/h5,8-11H,1-4,6-7,12-13H2. The zero-order valence-corrected chi connectivity index (χ0v) is 14.2. The number of aromatic nitrogens is 4. The first kappa shape index (κ1) is 14.8. The zero-order valence-electron chi connectivity index (χ0n) is 14.2. The van der Waals surface area contributed by atoms with Gasteiger partial charge in [0.1, 0.15) is 12.0 Å². The molecule has 0 saturated heterocycles. The van der Waals surface area contributed by atoms with Gasteiger partial charge in [-0.2, -0.15) is 5.10 Å². The molecule has 0 amide bonds. The van der Waals surface area contributed by atoms with Crippen LogP contribution in [0.2, 0.25) is 0 Å². The minimum Gasteiger partial charge on any atom is -0.443 e. The summed E-state index contributed by atoms with van der Waals surface area (Å²) in [6, 6.07) is 4.45. The van der Waals surface area contributed by atoms with E-state index in [1.165, 1.54) is 41.8 Å². The second-order valence-electron chi connectivity index (χ2n) is 6.95. The van der Waals surface area contributed by atoms with E-state index in [0.29, 0.717) is 5.89 Å². The summed E-state index contributed by atoms with van der Waals surface area (Å²) >= 11 is 0. The van der Waals surface area contributed by atoms with Gasteiger partial charge in [-0.05, 0) is 42.9 Å². The Balaban J connectivity index is 1.32. The van der Waals surface area contributed by atoms with Gasteiger partial charge in [-0.1, -0.05) is 6.07 Å². The number of pyridine rings is 1. The topological polar surface area (TPSA) is 60.0 Å². The maximum absolute atomic E-state index is 5.36. The van der Waals surface area contributed by atoms with Crippen LogP contribution in [-0.2, 0) is 32.5 Å². The molecule has 2 aliphatic rings. The highest BCUT2D eigenvalue weighted by molar-refractivity contribution is 5.47. The molecule has 3 aromatic rings. The van der Waals surface area contributed by atoms with Crippen molar-refractivity contribution in [1.29, 1.82) is 0 Å². The van der Waals surface area contributed by atoms with Crippen molar-refractivity contribution in [2.75, 3.05) is 6.54 Å². The summed E-state index contributed by atoms with van der Waals surface area (Å²) in [5.74, 6) is 0.590. The average Bonchev–Trinajstić information content (AvgIpc) is 3.30. The van der Waals surface area contributed by atoms with Crippen LogP contribution in [-0.4, -0.2) is 31.2 Å². The lowest BCUT2D eigenvalue weighted by Gasteiger charge is -2.27. The Kier molecular flexibility index (Phi) is 3.63. The van der Waals surface area contributed by atoms with Crippen LogP contribution < -0.4 is 0 Å². The van der Waals surface area contributed by atoms with Crippen molar-refractivity contribution in [2.24, 2.45) is 0 Å². The van der Waals surface area contributed by atoms with E-state index in [1.54, 1.807) is 12.5 Å². The smallest absolute Gasteiger partial charge is 0.246 e. The Bertz CT molecular complexity index is 883. The number of hydrogen-bond acceptors (Lipinski definition) is 5. The van der Waals surface area contributed by atoms with Gasteiger partial charge in [-0.25, -0.2) is 4.98 Å². The lowest BCUT2D eigenvalue weighted by atomic mass is 9.95. The highest BCUT2D eigenvalue weighted by Gasteiger charge is 2.21. The summed E-state index contributed by atoms with van der Waals surface area (Å²) < 4.78 is 7.43. The molecule has 4 heterocycles. The highest BCUT2D eigenvalue weighted by Crippen LogP contribution is 2.23. The number of aryl methyl sites for hydroxylation is 2. The van der Waals surface area contributed by atoms with Gasteiger partial charge < -0.3 is 4.42 Å². The van der Waals surface area contributed by atoms with Crippen LogP contribution >= 0.6 is 0 Å². The quantitative estimate of drug-likeness (QED) is 0.736. The fourth-order valence-corrected chi connectivity index (χ4v) is 3.89. The third kappa shape index (κ3) is 2.87. The predicted octanol–water partition coefficient (Wildman–Crippen LogP) is 2.83. The Hall–Kier alpha value is -2.47. The summed E-state index contributed by atoms with van der Waals surface area (Å²) in [5, 5.41) is 4.61. The van der Waals surface area contributed by atoms with Crippen molar-refractivity contribution in [3.63, 3.8) is 0 Å². The average molecular weight is 335 g/mol. The largest absolute Gasteiger partial charge is 0.443 e. The third-order valence-electron chi connectivity index (χ3n) is 5.16. The molecule has 0 N–H and O–H groups in total. The van der Waals surface area contributed by atoms with Crippen molar-refractivity contribution in [3.8, 4) is 11.6 Å². The lowest BCUT2D eigenvalue weighted by molar-refractivity contribution is 0.205. The van der Waals surface area contributed by atoms with E-state index in [0.717, 1.165) is 38.3 Å². The first-order chi connectivity index (χ1) is 12.3. The maximum atomic E-state index is 5.36. The first-order valence-electron chi connectivity index (χ1n) is 9.01. The normalized spacial score (nSPS) is 17.3. The molecule has 0 saturated carbocycles. The molecule has 6 heteroatoms. The van der Waals surface area contributed by atoms with Gasteiger partial charge in [0.25, 0.3) is 0 Å². The Morgan fingerprint density at radius 1 is 1.08 bits per heavy atom. The molecule has 0 aromatic carbocycles. The molecule has 0 spiro atoms. The van der Waals surface area contributed by atoms with Crippen molar-refractivity contribution >= 4 is 0 Å². The van der Waals surface area contributed by atoms with Gasteiger partial charge in [-0.15, -0.1) is 0 Å². The maximum Gasteiger partial charge on any atom is 0.246 e. The van der Waals surface area contributed by atoms with Gasteiger partial charge in [-0.3, -0.25) is 14.6 Å². The molecule has 0 atom stereocenters. The first-order valence-corrected chi connectivity index (χ1v) is 9.01. The molecular weight excluding hydrogens is 314 g/mol. The number of nitrogens with zero attached hydrogens (tertiary/aromatic N) is 5. The van der Waals surface area contributed by atoms with Crippen molar-refractivity contribution < 1.29 is 4.42 Å². The van der Waals surface area contributed by atoms with Gasteiger partial charge in [0.15, 0.2) is 0 Å². The summed E-state index contributed by atoms with van der Waals surface area (Å²) in [4.78, 5) is 11.4. The van der Waals surface area contributed by atoms with Crippen LogP contribution in [0.15, 0.2) is 35.2 Å². The molecule has 1 aliphatic heterocycles. The van der Waals surface area contributed by atoms with Crippen LogP contribution in [0.1, 0.15) is 35.4 Å². The summed E-state index contributed by atoms with van der Waals surface area (Å²) in [7, 11) is 0. The van der Waals surface area contributed by atoms with Gasteiger partial charge in [0, 0.05) is 31.5 Å². The molecule has 0 unspecified atom stereocenters. The van der Waals surface area contributed by atoms with E-state index in [4.69, 9.17) is 9.40 Å². The number of hydrogen-bond donors (Lipinski definition) is 0.